The van der Waals surface area contributed by atoms with Crippen LogP contribution in [0.15, 0.2) is 0 Å². The molecule has 0 aromatic rings. The minimum absolute atomic E-state index is 0.749. The molecule has 1 fully saturated rings. The molecule has 1 rings (SSSR count). The molecule has 0 aliphatic carbocycles. The van der Waals surface area contributed by atoms with Gasteiger partial charge in [-0.3, -0.25) is 0 Å². The lowest BCUT2D eigenvalue weighted by Crippen LogP contribution is -2.34. The summed E-state index contributed by atoms with van der Waals surface area (Å²) >= 11 is 0. The molecule has 1 aliphatic rings. The maximum atomic E-state index is 5.60. The lowest BCUT2D eigenvalue weighted by Gasteiger charge is -2.24. The topological polar surface area (TPSA) is 38.5 Å². The standard InChI is InChI=1S/C11H24N2O/c1-2-3-6-13(7-5-12)9-11-4-8-14-10-11/h11H,2-10,12H2,1H3. The van der Waals surface area contributed by atoms with Gasteiger partial charge < -0.3 is 15.4 Å². The van der Waals surface area contributed by atoms with Gasteiger partial charge in [0, 0.05) is 26.2 Å². The highest BCUT2D eigenvalue weighted by molar-refractivity contribution is 4.70. The number of ether oxygens (including phenoxy) is 1. The predicted molar refractivity (Wildman–Crippen MR) is 59.3 cm³/mol. The molecule has 0 aromatic heterocycles. The Kier molecular flexibility index (Phi) is 6.15. The number of nitrogens with two attached hydrogens (primary N) is 1. The van der Waals surface area contributed by atoms with E-state index in [0.717, 1.165) is 32.2 Å². The van der Waals surface area contributed by atoms with Crippen LogP contribution < -0.4 is 5.73 Å². The molecule has 0 bridgehead atoms. The molecule has 84 valence electrons. The Hall–Kier alpha value is -0.120. The Labute approximate surface area is 87.6 Å². The van der Waals surface area contributed by atoms with Crippen LogP contribution in [0.5, 0.6) is 0 Å². The third-order valence-electron chi connectivity index (χ3n) is 2.81. The molecule has 2 N–H and O–H groups in total. The second kappa shape index (κ2) is 7.21. The first-order chi connectivity index (χ1) is 6.86. The molecular formula is C11H24N2O. The summed E-state index contributed by atoms with van der Waals surface area (Å²) in [5, 5.41) is 0. The molecule has 0 radical (unpaired) electrons. The summed E-state index contributed by atoms with van der Waals surface area (Å²) in [5.74, 6) is 0.749. The zero-order valence-corrected chi connectivity index (χ0v) is 9.37. The molecule has 14 heavy (non-hydrogen) atoms. The van der Waals surface area contributed by atoms with Crippen LogP contribution in [0.1, 0.15) is 26.2 Å². The monoisotopic (exact) mass is 200 g/mol. The van der Waals surface area contributed by atoms with Crippen LogP contribution in [0, 0.1) is 5.92 Å². The Morgan fingerprint density at radius 3 is 2.86 bits per heavy atom. The van der Waals surface area contributed by atoms with Crippen LogP contribution in [0.25, 0.3) is 0 Å². The maximum Gasteiger partial charge on any atom is 0.0507 e. The van der Waals surface area contributed by atoms with E-state index in [0.29, 0.717) is 0 Å². The average Bonchev–Trinajstić information content (AvgIpc) is 2.67. The quantitative estimate of drug-likeness (QED) is 0.668. The van der Waals surface area contributed by atoms with E-state index in [4.69, 9.17) is 10.5 Å². The van der Waals surface area contributed by atoms with Gasteiger partial charge in [-0.25, -0.2) is 0 Å². The van der Waals surface area contributed by atoms with Gasteiger partial charge in [0.25, 0.3) is 0 Å². The highest BCUT2D eigenvalue weighted by Gasteiger charge is 2.18. The number of hydrogen-bond acceptors (Lipinski definition) is 3. The molecule has 3 nitrogen and oxygen atoms in total. The fourth-order valence-corrected chi connectivity index (χ4v) is 1.95. The van der Waals surface area contributed by atoms with Crippen molar-refractivity contribution in [2.24, 2.45) is 11.7 Å². The first-order valence-corrected chi connectivity index (χ1v) is 5.87. The Balaban J connectivity index is 2.18. The van der Waals surface area contributed by atoms with Gasteiger partial charge >= 0.3 is 0 Å². The van der Waals surface area contributed by atoms with E-state index in [1.807, 2.05) is 0 Å². The van der Waals surface area contributed by atoms with Crippen molar-refractivity contribution in [1.29, 1.82) is 0 Å². The molecule has 1 saturated heterocycles. The molecule has 0 saturated carbocycles. The fraction of sp³-hybridized carbons (Fsp3) is 1.00. The Bertz CT molecular complexity index is 135. The van der Waals surface area contributed by atoms with Gasteiger partial charge in [-0.1, -0.05) is 13.3 Å². The largest absolute Gasteiger partial charge is 0.381 e. The van der Waals surface area contributed by atoms with Gasteiger partial charge in [-0.15, -0.1) is 0 Å². The van der Waals surface area contributed by atoms with Crippen LogP contribution in [-0.2, 0) is 4.74 Å². The van der Waals surface area contributed by atoms with E-state index in [1.54, 1.807) is 0 Å². The van der Waals surface area contributed by atoms with Gasteiger partial charge in [-0.05, 0) is 25.3 Å². The first-order valence-electron chi connectivity index (χ1n) is 5.87. The highest BCUT2D eigenvalue weighted by atomic mass is 16.5. The van der Waals surface area contributed by atoms with E-state index < -0.39 is 0 Å². The van der Waals surface area contributed by atoms with E-state index >= 15 is 0 Å². The van der Waals surface area contributed by atoms with Crippen molar-refractivity contribution in [3.05, 3.63) is 0 Å². The second-order valence-corrected chi connectivity index (χ2v) is 4.17. The molecule has 0 spiro atoms. The molecule has 0 amide bonds. The number of hydrogen-bond donors (Lipinski definition) is 1. The molecule has 3 heteroatoms. The van der Waals surface area contributed by atoms with E-state index in [-0.39, 0.29) is 0 Å². The second-order valence-electron chi connectivity index (χ2n) is 4.17. The van der Waals surface area contributed by atoms with Crippen LogP contribution in [0.4, 0.5) is 0 Å². The van der Waals surface area contributed by atoms with Gasteiger partial charge in [0.05, 0.1) is 6.61 Å². The zero-order valence-electron chi connectivity index (χ0n) is 9.37. The third kappa shape index (κ3) is 4.40. The maximum absolute atomic E-state index is 5.60. The smallest absolute Gasteiger partial charge is 0.0507 e. The Morgan fingerprint density at radius 1 is 1.43 bits per heavy atom. The minimum atomic E-state index is 0.749. The van der Waals surface area contributed by atoms with E-state index in [1.165, 1.54) is 32.4 Å². The van der Waals surface area contributed by atoms with Crippen molar-refractivity contribution in [1.82, 2.24) is 4.90 Å². The van der Waals surface area contributed by atoms with Crippen LogP contribution in [0.2, 0.25) is 0 Å². The summed E-state index contributed by atoms with van der Waals surface area (Å²) in [6, 6.07) is 0. The van der Waals surface area contributed by atoms with Gasteiger partial charge in [-0.2, -0.15) is 0 Å². The molecule has 1 aliphatic heterocycles. The summed E-state index contributed by atoms with van der Waals surface area (Å²) < 4.78 is 5.38. The summed E-state index contributed by atoms with van der Waals surface area (Å²) in [7, 11) is 0. The zero-order chi connectivity index (χ0) is 10.2. The summed E-state index contributed by atoms with van der Waals surface area (Å²) in [5.41, 5.74) is 5.60. The Morgan fingerprint density at radius 2 is 2.29 bits per heavy atom. The van der Waals surface area contributed by atoms with Crippen molar-refractivity contribution in [2.45, 2.75) is 26.2 Å². The number of nitrogens with zero attached hydrogens (tertiary/aromatic N) is 1. The average molecular weight is 200 g/mol. The van der Waals surface area contributed by atoms with Crippen molar-refractivity contribution in [3.63, 3.8) is 0 Å². The van der Waals surface area contributed by atoms with Gasteiger partial charge in [0.15, 0.2) is 0 Å². The molecular weight excluding hydrogens is 176 g/mol. The van der Waals surface area contributed by atoms with Crippen molar-refractivity contribution < 1.29 is 4.74 Å². The molecule has 1 atom stereocenters. The molecule has 1 unspecified atom stereocenters. The van der Waals surface area contributed by atoms with E-state index in [9.17, 15) is 0 Å². The number of rotatable bonds is 7. The third-order valence-corrected chi connectivity index (χ3v) is 2.81. The predicted octanol–water partition coefficient (Wildman–Crippen LogP) is 1.08. The lowest BCUT2D eigenvalue weighted by molar-refractivity contribution is 0.167. The van der Waals surface area contributed by atoms with Crippen molar-refractivity contribution in [2.75, 3.05) is 39.4 Å². The van der Waals surface area contributed by atoms with E-state index in [2.05, 4.69) is 11.8 Å². The van der Waals surface area contributed by atoms with Crippen LogP contribution >= 0.6 is 0 Å². The van der Waals surface area contributed by atoms with Gasteiger partial charge in [0.2, 0.25) is 0 Å². The highest BCUT2D eigenvalue weighted by Crippen LogP contribution is 2.13. The molecule has 0 aromatic carbocycles. The van der Waals surface area contributed by atoms with Crippen molar-refractivity contribution >= 4 is 0 Å². The summed E-state index contributed by atoms with van der Waals surface area (Å²) in [6.45, 7) is 8.33. The van der Waals surface area contributed by atoms with Crippen LogP contribution in [0.3, 0.4) is 0 Å². The minimum Gasteiger partial charge on any atom is -0.381 e. The van der Waals surface area contributed by atoms with Crippen molar-refractivity contribution in [3.8, 4) is 0 Å². The number of unbranched alkanes of at least 4 members (excludes halogenated alkanes) is 1. The SMILES string of the molecule is CCCCN(CCN)CC1CCOC1. The molecule has 1 heterocycles. The summed E-state index contributed by atoms with van der Waals surface area (Å²) in [4.78, 5) is 2.49. The lowest BCUT2D eigenvalue weighted by atomic mass is 10.1. The van der Waals surface area contributed by atoms with Gasteiger partial charge in [0.1, 0.15) is 0 Å². The van der Waals surface area contributed by atoms with Crippen LogP contribution in [-0.4, -0.2) is 44.3 Å². The fourth-order valence-electron chi connectivity index (χ4n) is 1.95. The first kappa shape index (κ1) is 12.0. The summed E-state index contributed by atoms with van der Waals surface area (Å²) in [6.07, 6.45) is 3.78. The normalized spacial score (nSPS) is 22.1.